The van der Waals surface area contributed by atoms with Gasteiger partial charge in [-0.3, -0.25) is 0 Å². The SMILES string of the molecule is CC1CCC(C)C(N)(Cc2ccc3c(c2)CCC3)C1. The molecule has 3 rings (SSSR count). The lowest BCUT2D eigenvalue weighted by Crippen LogP contribution is -2.51. The quantitative estimate of drug-likeness (QED) is 0.855. The van der Waals surface area contributed by atoms with E-state index in [2.05, 4.69) is 32.0 Å². The Morgan fingerprint density at radius 3 is 2.79 bits per heavy atom. The van der Waals surface area contributed by atoms with Gasteiger partial charge in [-0.2, -0.15) is 0 Å². The zero-order valence-electron chi connectivity index (χ0n) is 12.4. The highest BCUT2D eigenvalue weighted by Crippen LogP contribution is 2.37. The van der Waals surface area contributed by atoms with E-state index >= 15 is 0 Å². The van der Waals surface area contributed by atoms with Gasteiger partial charge in [0.15, 0.2) is 0 Å². The van der Waals surface area contributed by atoms with Crippen LogP contribution in [0.4, 0.5) is 0 Å². The molecular formula is C18H27N. The summed E-state index contributed by atoms with van der Waals surface area (Å²) in [5, 5.41) is 0. The fourth-order valence-corrected chi connectivity index (χ4v) is 4.14. The molecule has 1 heteroatoms. The van der Waals surface area contributed by atoms with E-state index in [0.717, 1.165) is 12.3 Å². The minimum absolute atomic E-state index is 0.0184. The number of fused-ring (bicyclic) bond motifs is 1. The van der Waals surface area contributed by atoms with Gasteiger partial charge >= 0.3 is 0 Å². The van der Waals surface area contributed by atoms with Crippen molar-refractivity contribution in [3.63, 3.8) is 0 Å². The Morgan fingerprint density at radius 2 is 1.95 bits per heavy atom. The van der Waals surface area contributed by atoms with E-state index in [4.69, 9.17) is 5.73 Å². The van der Waals surface area contributed by atoms with Crippen LogP contribution < -0.4 is 5.73 Å². The van der Waals surface area contributed by atoms with E-state index < -0.39 is 0 Å². The number of rotatable bonds is 2. The summed E-state index contributed by atoms with van der Waals surface area (Å²) < 4.78 is 0. The summed E-state index contributed by atoms with van der Waals surface area (Å²) in [4.78, 5) is 0. The second-order valence-electron chi connectivity index (χ2n) is 7.15. The molecule has 0 radical (unpaired) electrons. The molecule has 1 fully saturated rings. The molecule has 1 aromatic carbocycles. The van der Waals surface area contributed by atoms with Gasteiger partial charge < -0.3 is 5.73 Å². The number of hydrogen-bond donors (Lipinski definition) is 1. The van der Waals surface area contributed by atoms with Crippen LogP contribution in [0.25, 0.3) is 0 Å². The summed E-state index contributed by atoms with van der Waals surface area (Å²) in [6, 6.07) is 7.10. The normalized spacial score (nSPS) is 34.3. The van der Waals surface area contributed by atoms with Gasteiger partial charge in [0.2, 0.25) is 0 Å². The van der Waals surface area contributed by atoms with Crippen molar-refractivity contribution in [2.45, 2.75) is 64.3 Å². The number of hydrogen-bond acceptors (Lipinski definition) is 1. The van der Waals surface area contributed by atoms with Crippen LogP contribution in [0.3, 0.4) is 0 Å². The fraction of sp³-hybridized carbons (Fsp3) is 0.667. The zero-order valence-corrected chi connectivity index (χ0v) is 12.4. The first kappa shape index (κ1) is 13.2. The Morgan fingerprint density at radius 1 is 1.16 bits per heavy atom. The Balaban J connectivity index is 1.79. The minimum atomic E-state index is 0.0184. The van der Waals surface area contributed by atoms with Crippen molar-refractivity contribution in [3.8, 4) is 0 Å². The van der Waals surface area contributed by atoms with Crippen molar-refractivity contribution in [2.75, 3.05) is 0 Å². The summed E-state index contributed by atoms with van der Waals surface area (Å²) in [5.41, 5.74) is 11.4. The highest BCUT2D eigenvalue weighted by molar-refractivity contribution is 5.36. The van der Waals surface area contributed by atoms with Crippen molar-refractivity contribution in [2.24, 2.45) is 17.6 Å². The van der Waals surface area contributed by atoms with E-state index in [9.17, 15) is 0 Å². The maximum atomic E-state index is 6.77. The van der Waals surface area contributed by atoms with Gasteiger partial charge in [0.25, 0.3) is 0 Å². The smallest absolute Gasteiger partial charge is 0.0223 e. The Bertz CT molecular complexity index is 465. The van der Waals surface area contributed by atoms with Crippen LogP contribution >= 0.6 is 0 Å². The third-order valence-corrected chi connectivity index (χ3v) is 5.50. The Hall–Kier alpha value is -0.820. The van der Waals surface area contributed by atoms with E-state index in [1.54, 1.807) is 11.1 Å². The van der Waals surface area contributed by atoms with Gasteiger partial charge in [-0.15, -0.1) is 0 Å². The molecule has 0 amide bonds. The molecule has 19 heavy (non-hydrogen) atoms. The molecule has 1 aromatic rings. The Labute approximate surface area is 117 Å². The maximum absolute atomic E-state index is 6.77. The lowest BCUT2D eigenvalue weighted by molar-refractivity contribution is 0.161. The predicted molar refractivity (Wildman–Crippen MR) is 81.3 cm³/mol. The average molecular weight is 257 g/mol. The third-order valence-electron chi connectivity index (χ3n) is 5.50. The van der Waals surface area contributed by atoms with Crippen LogP contribution in [-0.2, 0) is 19.3 Å². The van der Waals surface area contributed by atoms with Crippen LogP contribution in [-0.4, -0.2) is 5.54 Å². The first-order chi connectivity index (χ1) is 9.07. The third kappa shape index (κ3) is 2.58. The summed E-state index contributed by atoms with van der Waals surface area (Å²) in [5.74, 6) is 1.44. The van der Waals surface area contributed by atoms with Crippen molar-refractivity contribution in [3.05, 3.63) is 34.9 Å². The highest BCUT2D eigenvalue weighted by atomic mass is 14.8. The number of nitrogens with two attached hydrogens (primary N) is 1. The second kappa shape index (κ2) is 4.94. The first-order valence-electron chi connectivity index (χ1n) is 7.96. The molecule has 0 saturated heterocycles. The van der Waals surface area contributed by atoms with Crippen molar-refractivity contribution < 1.29 is 0 Å². The second-order valence-corrected chi connectivity index (χ2v) is 7.15. The number of aryl methyl sites for hydroxylation is 2. The van der Waals surface area contributed by atoms with E-state index in [0.29, 0.717) is 5.92 Å². The van der Waals surface area contributed by atoms with E-state index in [1.165, 1.54) is 44.1 Å². The van der Waals surface area contributed by atoms with Crippen molar-refractivity contribution in [1.29, 1.82) is 0 Å². The van der Waals surface area contributed by atoms with Crippen molar-refractivity contribution in [1.82, 2.24) is 0 Å². The topological polar surface area (TPSA) is 26.0 Å². The average Bonchev–Trinajstić information content (AvgIpc) is 2.81. The van der Waals surface area contributed by atoms with E-state index in [1.807, 2.05) is 0 Å². The Kier molecular flexibility index (Phi) is 3.42. The van der Waals surface area contributed by atoms with Crippen LogP contribution in [0.2, 0.25) is 0 Å². The molecule has 0 aromatic heterocycles. The van der Waals surface area contributed by atoms with E-state index in [-0.39, 0.29) is 5.54 Å². The van der Waals surface area contributed by atoms with Gasteiger partial charge in [-0.1, -0.05) is 38.5 Å². The molecule has 3 atom stereocenters. The summed E-state index contributed by atoms with van der Waals surface area (Å²) in [6.07, 6.45) is 8.77. The predicted octanol–water partition coefficient (Wildman–Crippen LogP) is 3.87. The summed E-state index contributed by atoms with van der Waals surface area (Å²) in [6.45, 7) is 4.70. The lowest BCUT2D eigenvalue weighted by Gasteiger charge is -2.42. The van der Waals surface area contributed by atoms with Gasteiger partial charge in [-0.05, 0) is 67.1 Å². The fourth-order valence-electron chi connectivity index (χ4n) is 4.14. The zero-order chi connectivity index (χ0) is 13.5. The molecule has 2 aliphatic rings. The molecule has 0 spiro atoms. The molecular weight excluding hydrogens is 230 g/mol. The molecule has 104 valence electrons. The minimum Gasteiger partial charge on any atom is -0.325 e. The van der Waals surface area contributed by atoms with Gasteiger partial charge in [-0.25, -0.2) is 0 Å². The van der Waals surface area contributed by atoms with Gasteiger partial charge in [0.05, 0.1) is 0 Å². The van der Waals surface area contributed by atoms with Gasteiger partial charge in [0.1, 0.15) is 0 Å². The lowest BCUT2D eigenvalue weighted by atomic mass is 9.67. The standard InChI is InChI=1S/C18H27N/c1-13-6-7-14(2)18(19,11-13)12-15-8-9-16-4-3-5-17(16)10-15/h8-10,13-14H,3-7,11-12,19H2,1-2H3. The monoisotopic (exact) mass is 257 g/mol. The molecule has 0 bridgehead atoms. The van der Waals surface area contributed by atoms with Gasteiger partial charge in [0, 0.05) is 5.54 Å². The number of benzene rings is 1. The molecule has 0 aliphatic heterocycles. The van der Waals surface area contributed by atoms with Crippen LogP contribution in [0, 0.1) is 11.8 Å². The molecule has 1 nitrogen and oxygen atoms in total. The largest absolute Gasteiger partial charge is 0.325 e. The highest BCUT2D eigenvalue weighted by Gasteiger charge is 2.37. The molecule has 3 unspecified atom stereocenters. The van der Waals surface area contributed by atoms with Crippen LogP contribution in [0.15, 0.2) is 18.2 Å². The van der Waals surface area contributed by atoms with Crippen LogP contribution in [0.1, 0.15) is 56.2 Å². The summed E-state index contributed by atoms with van der Waals surface area (Å²) in [7, 11) is 0. The van der Waals surface area contributed by atoms with Crippen LogP contribution in [0.5, 0.6) is 0 Å². The first-order valence-corrected chi connectivity index (χ1v) is 7.96. The van der Waals surface area contributed by atoms with Crippen molar-refractivity contribution >= 4 is 0 Å². The molecule has 2 aliphatic carbocycles. The maximum Gasteiger partial charge on any atom is 0.0223 e. The molecule has 0 heterocycles. The molecule has 2 N–H and O–H groups in total. The molecule has 1 saturated carbocycles. The summed E-state index contributed by atoms with van der Waals surface area (Å²) >= 11 is 0.